The van der Waals surface area contributed by atoms with Gasteiger partial charge in [-0.3, -0.25) is 9.59 Å². The van der Waals surface area contributed by atoms with Gasteiger partial charge in [0.2, 0.25) is 5.91 Å². The number of nitrogens with zero attached hydrogens (tertiary/aromatic N) is 1. The number of rotatable bonds is 6. The molecule has 0 aliphatic heterocycles. The van der Waals surface area contributed by atoms with Gasteiger partial charge in [0.25, 0.3) is 5.91 Å². The van der Waals surface area contributed by atoms with Crippen LogP contribution in [0.4, 0.5) is 10.1 Å². The number of benzene rings is 3. The third-order valence-corrected chi connectivity index (χ3v) is 6.32. The summed E-state index contributed by atoms with van der Waals surface area (Å²) < 4.78 is 13.9. The van der Waals surface area contributed by atoms with E-state index < -0.39 is 11.7 Å². The summed E-state index contributed by atoms with van der Waals surface area (Å²) in [4.78, 5) is 25.0. The van der Waals surface area contributed by atoms with Crippen LogP contribution in [0.25, 0.3) is 0 Å². The maximum atomic E-state index is 13.9. The zero-order valence-corrected chi connectivity index (χ0v) is 20.4. The Morgan fingerprint density at radius 1 is 0.971 bits per heavy atom. The Morgan fingerprint density at radius 3 is 2.37 bits per heavy atom. The highest BCUT2D eigenvalue weighted by molar-refractivity contribution is 6.06. The molecule has 0 radical (unpaired) electrons. The van der Waals surface area contributed by atoms with E-state index in [1.165, 1.54) is 29.3 Å². The van der Waals surface area contributed by atoms with Crippen LogP contribution < -0.4 is 10.7 Å². The standard InChI is InChI=1S/C29H30FN3O2/c1-18(20-8-7-9-22(16-20)31-27(34)23-10-5-6-11-26(23)30)32-33-28(35)25-17-24(25)19-12-14-21(15-13-19)29(2,3)4/h5-16,24-25H,17H2,1-4H3,(H,31,34)(H,33,35)/b32-18+. The fourth-order valence-corrected chi connectivity index (χ4v) is 4.04. The van der Waals surface area contributed by atoms with E-state index >= 15 is 0 Å². The van der Waals surface area contributed by atoms with Gasteiger partial charge in [0.05, 0.1) is 11.3 Å². The molecule has 1 saturated carbocycles. The van der Waals surface area contributed by atoms with Crippen LogP contribution in [0.15, 0.2) is 77.9 Å². The molecule has 2 unspecified atom stereocenters. The number of hydrazone groups is 1. The van der Waals surface area contributed by atoms with Crippen LogP contribution in [0.1, 0.15) is 67.1 Å². The van der Waals surface area contributed by atoms with Gasteiger partial charge in [0.1, 0.15) is 5.82 Å². The first-order chi connectivity index (χ1) is 16.6. The molecular formula is C29H30FN3O2. The number of hydrogen-bond donors (Lipinski definition) is 2. The van der Waals surface area contributed by atoms with Crippen molar-refractivity contribution in [2.24, 2.45) is 11.0 Å². The highest BCUT2D eigenvalue weighted by Crippen LogP contribution is 2.47. The lowest BCUT2D eigenvalue weighted by Gasteiger charge is -2.19. The van der Waals surface area contributed by atoms with Gasteiger partial charge in [0, 0.05) is 11.6 Å². The first-order valence-corrected chi connectivity index (χ1v) is 11.7. The molecule has 3 aromatic rings. The molecule has 0 aromatic heterocycles. The highest BCUT2D eigenvalue weighted by atomic mass is 19.1. The van der Waals surface area contributed by atoms with Crippen molar-refractivity contribution in [2.75, 3.05) is 5.32 Å². The molecule has 0 heterocycles. The van der Waals surface area contributed by atoms with Crippen LogP contribution >= 0.6 is 0 Å². The Morgan fingerprint density at radius 2 is 1.69 bits per heavy atom. The number of anilines is 1. The molecule has 0 saturated heterocycles. The Kier molecular flexibility index (Phi) is 6.83. The molecule has 4 rings (SSSR count). The molecule has 1 fully saturated rings. The number of carbonyl (C=O) groups is 2. The number of carbonyl (C=O) groups excluding carboxylic acids is 2. The Hall–Kier alpha value is -3.80. The maximum absolute atomic E-state index is 13.9. The van der Waals surface area contributed by atoms with E-state index in [0.29, 0.717) is 11.4 Å². The largest absolute Gasteiger partial charge is 0.322 e. The number of hydrogen-bond acceptors (Lipinski definition) is 3. The van der Waals surface area contributed by atoms with E-state index in [0.717, 1.165) is 12.0 Å². The Balaban J connectivity index is 1.36. The first-order valence-electron chi connectivity index (χ1n) is 11.7. The summed E-state index contributed by atoms with van der Waals surface area (Å²) in [5.41, 5.74) is 7.06. The van der Waals surface area contributed by atoms with Crippen molar-refractivity contribution in [1.82, 2.24) is 5.43 Å². The topological polar surface area (TPSA) is 70.6 Å². The second-order valence-electron chi connectivity index (χ2n) is 10.0. The zero-order chi connectivity index (χ0) is 25.2. The number of halogens is 1. The van der Waals surface area contributed by atoms with Gasteiger partial charge in [-0.25, -0.2) is 9.82 Å². The number of amides is 2. The molecule has 2 amide bonds. The molecule has 0 spiro atoms. The van der Waals surface area contributed by atoms with Gasteiger partial charge in [-0.2, -0.15) is 5.10 Å². The predicted molar refractivity (Wildman–Crippen MR) is 137 cm³/mol. The second-order valence-corrected chi connectivity index (χ2v) is 10.0. The quantitative estimate of drug-likeness (QED) is 0.341. The van der Waals surface area contributed by atoms with E-state index in [-0.39, 0.29) is 28.7 Å². The minimum absolute atomic E-state index is 0.0254. The van der Waals surface area contributed by atoms with Crippen molar-refractivity contribution in [2.45, 2.75) is 45.4 Å². The van der Waals surface area contributed by atoms with E-state index in [2.05, 4.69) is 60.9 Å². The normalized spacial score (nSPS) is 17.6. The second kappa shape index (κ2) is 9.82. The summed E-state index contributed by atoms with van der Waals surface area (Å²) in [7, 11) is 0. The van der Waals surface area contributed by atoms with Crippen molar-refractivity contribution < 1.29 is 14.0 Å². The summed E-state index contributed by atoms with van der Waals surface area (Å²) >= 11 is 0. The van der Waals surface area contributed by atoms with Gasteiger partial charge in [-0.05, 0) is 65.6 Å². The molecule has 3 aromatic carbocycles. The fraction of sp³-hybridized carbons (Fsp3) is 0.276. The van der Waals surface area contributed by atoms with Crippen molar-refractivity contribution in [3.05, 3.63) is 101 Å². The average molecular weight is 472 g/mol. The third-order valence-electron chi connectivity index (χ3n) is 6.32. The highest BCUT2D eigenvalue weighted by Gasteiger charge is 2.44. The van der Waals surface area contributed by atoms with Crippen LogP contribution in [-0.2, 0) is 10.2 Å². The monoisotopic (exact) mass is 471 g/mol. The average Bonchev–Trinajstić information content (AvgIpc) is 3.63. The van der Waals surface area contributed by atoms with Crippen LogP contribution in [0.2, 0.25) is 0 Å². The van der Waals surface area contributed by atoms with Gasteiger partial charge >= 0.3 is 0 Å². The number of nitrogens with one attached hydrogen (secondary N) is 2. The van der Waals surface area contributed by atoms with Crippen LogP contribution in [-0.4, -0.2) is 17.5 Å². The van der Waals surface area contributed by atoms with Crippen LogP contribution in [0.3, 0.4) is 0 Å². The molecule has 2 atom stereocenters. The lowest BCUT2D eigenvalue weighted by atomic mass is 9.86. The molecule has 35 heavy (non-hydrogen) atoms. The molecule has 0 bridgehead atoms. The van der Waals surface area contributed by atoms with Gasteiger partial charge in [-0.1, -0.05) is 69.3 Å². The third kappa shape index (κ3) is 5.83. The van der Waals surface area contributed by atoms with Crippen LogP contribution in [0.5, 0.6) is 0 Å². The summed E-state index contributed by atoms with van der Waals surface area (Å²) in [6.07, 6.45) is 0.812. The SMILES string of the molecule is C/C(=N\NC(=O)C1CC1c1ccc(C(C)(C)C)cc1)c1cccc(NC(=O)c2ccccc2F)c1. The molecule has 6 heteroatoms. The Labute approximate surface area is 205 Å². The van der Waals surface area contributed by atoms with E-state index in [9.17, 15) is 14.0 Å². The van der Waals surface area contributed by atoms with E-state index in [4.69, 9.17) is 0 Å². The summed E-state index contributed by atoms with van der Waals surface area (Å²) in [5.74, 6) is -1.07. The fourth-order valence-electron chi connectivity index (χ4n) is 4.04. The van der Waals surface area contributed by atoms with Crippen molar-refractivity contribution in [3.63, 3.8) is 0 Å². The minimum atomic E-state index is -0.579. The van der Waals surface area contributed by atoms with Crippen molar-refractivity contribution in [3.8, 4) is 0 Å². The van der Waals surface area contributed by atoms with Gasteiger partial charge in [-0.15, -0.1) is 0 Å². The lowest BCUT2D eigenvalue weighted by Crippen LogP contribution is -2.21. The van der Waals surface area contributed by atoms with Gasteiger partial charge < -0.3 is 5.32 Å². The molecule has 5 nitrogen and oxygen atoms in total. The molecule has 1 aliphatic rings. The Bertz CT molecular complexity index is 1280. The maximum Gasteiger partial charge on any atom is 0.258 e. The van der Waals surface area contributed by atoms with Gasteiger partial charge in [0.15, 0.2) is 0 Å². The summed E-state index contributed by atoms with van der Waals surface area (Å²) in [6.45, 7) is 8.33. The molecule has 2 N–H and O–H groups in total. The van der Waals surface area contributed by atoms with Crippen molar-refractivity contribution in [1.29, 1.82) is 0 Å². The van der Waals surface area contributed by atoms with Crippen molar-refractivity contribution >= 4 is 23.2 Å². The van der Waals surface area contributed by atoms with E-state index in [1.54, 1.807) is 31.2 Å². The summed E-state index contributed by atoms with van der Waals surface area (Å²) in [5, 5.41) is 6.97. The summed E-state index contributed by atoms with van der Waals surface area (Å²) in [6, 6.07) is 21.4. The zero-order valence-electron chi connectivity index (χ0n) is 20.4. The minimum Gasteiger partial charge on any atom is -0.322 e. The molecule has 180 valence electrons. The lowest BCUT2D eigenvalue weighted by molar-refractivity contribution is -0.122. The first kappa shape index (κ1) is 24.3. The van der Waals surface area contributed by atoms with E-state index in [1.807, 2.05) is 6.07 Å². The smallest absolute Gasteiger partial charge is 0.258 e. The molecule has 1 aliphatic carbocycles. The predicted octanol–water partition coefficient (Wildman–Crippen LogP) is 6.02. The molecular weight excluding hydrogens is 441 g/mol. The van der Waals surface area contributed by atoms with Crippen LogP contribution in [0, 0.1) is 11.7 Å².